The van der Waals surface area contributed by atoms with Crippen molar-refractivity contribution in [2.75, 3.05) is 94.8 Å². The Morgan fingerprint density at radius 2 is 0.743 bits per heavy atom. The topological polar surface area (TPSA) is 591 Å². The van der Waals surface area contributed by atoms with Gasteiger partial charge >= 0.3 is 52.6 Å². The minimum atomic E-state index is -2.79. The zero-order chi connectivity index (χ0) is 106. The monoisotopic (exact) mass is 2180 g/mol. The Morgan fingerprint density at radius 3 is 1.08 bits per heavy atom. The van der Waals surface area contributed by atoms with Gasteiger partial charge in [-0.3, -0.25) is 64.4 Å². The predicted octanol–water partition coefficient (Wildman–Crippen LogP) is 13.3. The molecule has 3 N–H and O–H groups in total. The van der Waals surface area contributed by atoms with E-state index in [2.05, 4.69) is 59.9 Å². The van der Waals surface area contributed by atoms with E-state index in [1.807, 2.05) is 11.8 Å². The number of fused-ring (bicyclic) bond motifs is 1. The maximum absolute atomic E-state index is 13.5. The number of aromatic nitrogens is 10. The van der Waals surface area contributed by atoms with Crippen LogP contribution in [0.1, 0.15) is 201 Å². The summed E-state index contributed by atoms with van der Waals surface area (Å²) >= 11 is 34.0. The van der Waals surface area contributed by atoms with Gasteiger partial charge < -0.3 is 82.8 Å². The lowest BCUT2D eigenvalue weighted by Gasteiger charge is -2.43. The molecule has 798 valence electrons. The van der Waals surface area contributed by atoms with E-state index in [4.69, 9.17) is 123 Å². The highest BCUT2D eigenvalue weighted by molar-refractivity contribution is 6.33. The van der Waals surface area contributed by atoms with Gasteiger partial charge in [0.1, 0.15) is 72.4 Å². The number of anilines is 4. The van der Waals surface area contributed by atoms with Crippen molar-refractivity contribution in [1.82, 2.24) is 55.2 Å². The van der Waals surface area contributed by atoms with Crippen LogP contribution in [-0.4, -0.2) is 288 Å². The fourth-order valence-corrected chi connectivity index (χ4v) is 18.5. The molecule has 3 saturated heterocycles. The summed E-state index contributed by atoms with van der Waals surface area (Å²) in [6.07, 6.45) is 16.1. The van der Waals surface area contributed by atoms with Crippen molar-refractivity contribution >= 4 is 175 Å². The van der Waals surface area contributed by atoms with Crippen molar-refractivity contribution in [2.45, 2.75) is 298 Å². The number of methoxy groups -OCH3 is 5. The lowest BCUT2D eigenvalue weighted by Crippen LogP contribution is -2.52. The number of nitrogens with zero attached hydrogens (tertiary/aromatic N) is 18. The van der Waals surface area contributed by atoms with Crippen LogP contribution in [0.3, 0.4) is 0 Å². The summed E-state index contributed by atoms with van der Waals surface area (Å²) in [5.74, 6) is -8.06. The lowest BCUT2D eigenvalue weighted by atomic mass is 9.88. The zero-order valence-electron chi connectivity index (χ0n) is 80.5. The van der Waals surface area contributed by atoms with Gasteiger partial charge in [-0.1, -0.05) is 11.6 Å². The van der Waals surface area contributed by atoms with Crippen LogP contribution in [0.5, 0.6) is 0 Å². The zero-order valence-corrected chi connectivity index (χ0v) is 85.8. The second kappa shape index (κ2) is 55.7. The third-order valence-corrected chi connectivity index (χ3v) is 26.3. The SMILES string of the molecule is COC(=O)[C@@H](C)N.COC(=O)[C@@H](C)N(c1nc(Cl)ncc1[N+](=O)[O-])C1CCC(=O)CC1.COC(=O)[C@@H](C)N(c1nc(Cl)ncc1[N+](=O)[O-])C1CCC(F)(F)CC1.COC(=O)[C@@H](C)N(c1nc(Cl)ncc1[N+](=O)[O-])C1CCC2(CC1)OCCO2.COC(=O)[C@@H](C)NC1CCC2(CC1)OCCO2.C[C@@H]1C(=O)Cc2cnc(Cl)nc2N1C1CCC(F)(F)CC1.Cl.O=C1CCC2(CC1)OCCO2.O=[N+]([O-])c1cnc(Cl)nc1Cl. The first-order valence-corrected chi connectivity index (χ1v) is 47.8. The third-order valence-electron chi connectivity index (χ3n) is 25.1. The highest BCUT2D eigenvalue weighted by Gasteiger charge is 2.49. The molecule has 4 aliphatic heterocycles. The van der Waals surface area contributed by atoms with Crippen LogP contribution in [0, 0.1) is 40.5 Å². The lowest BCUT2D eigenvalue weighted by molar-refractivity contribution is -0.385. The summed E-state index contributed by atoms with van der Waals surface area (Å²) in [6, 6.07) is -4.43. The van der Waals surface area contributed by atoms with Crippen LogP contribution in [0.25, 0.3) is 0 Å². The Morgan fingerprint density at radius 1 is 0.438 bits per heavy atom. The number of carbonyl (C=O) groups is 8. The van der Waals surface area contributed by atoms with E-state index in [9.17, 15) is 96.4 Å². The molecule has 3 spiro atoms. The Bertz CT molecular complexity index is 5210. The van der Waals surface area contributed by atoms with Crippen molar-refractivity contribution in [2.24, 2.45) is 5.73 Å². The molecule has 0 bridgehead atoms. The van der Waals surface area contributed by atoms with Crippen molar-refractivity contribution < 1.29 is 128 Å². The quantitative estimate of drug-likeness (QED) is 0.0131. The van der Waals surface area contributed by atoms with Gasteiger partial charge in [-0.15, -0.1) is 12.4 Å². The van der Waals surface area contributed by atoms with Crippen LogP contribution >= 0.6 is 82.0 Å². The summed E-state index contributed by atoms with van der Waals surface area (Å²) in [5.41, 5.74) is 4.31. The number of nitrogens with one attached hydrogen (secondary N) is 1. The summed E-state index contributed by atoms with van der Waals surface area (Å²) < 4.78 is 111. The number of hydrogen-bond donors (Lipinski definition) is 2. The van der Waals surface area contributed by atoms with Gasteiger partial charge in [0.05, 0.1) is 101 Å². The Hall–Kier alpha value is -10.0. The maximum Gasteiger partial charge on any atom is 0.329 e. The molecule has 15 rings (SSSR count). The smallest absolute Gasteiger partial charge is 0.329 e. The molecule has 0 amide bonds. The average molecular weight is 2190 g/mol. The van der Waals surface area contributed by atoms with E-state index in [1.165, 1.54) is 52.3 Å². The number of esters is 5. The minimum Gasteiger partial charge on any atom is -0.468 e. The molecular formula is C86H115Cl7F4N20O27. The minimum absolute atomic E-state index is 0. The number of hydrogen-bond acceptors (Lipinski definition) is 43. The molecule has 6 saturated carbocycles. The van der Waals surface area contributed by atoms with E-state index in [-0.39, 0.29) is 189 Å². The molecule has 144 heavy (non-hydrogen) atoms. The van der Waals surface area contributed by atoms with Gasteiger partial charge in [-0.2, -0.15) is 19.9 Å². The number of alkyl halides is 4. The largest absolute Gasteiger partial charge is 0.468 e. The number of nitro groups is 4. The van der Waals surface area contributed by atoms with Gasteiger partial charge in [-0.05, 0) is 164 Å². The van der Waals surface area contributed by atoms with E-state index >= 15 is 0 Å². The number of Topliss-reactive ketones (excluding diaryl/α,β-unsaturated/α-hetero) is 3. The highest BCUT2D eigenvalue weighted by Crippen LogP contribution is 2.46. The molecular weight excluding hydrogens is 2070 g/mol. The van der Waals surface area contributed by atoms with Crippen LogP contribution < -0.4 is 30.7 Å². The number of ether oxygens (including phenoxy) is 11. The summed E-state index contributed by atoms with van der Waals surface area (Å²) in [4.78, 5) is 178. The van der Waals surface area contributed by atoms with Gasteiger partial charge in [0, 0.05) is 138 Å². The highest BCUT2D eigenvalue weighted by atomic mass is 35.5. The molecule has 6 atom stereocenters. The number of rotatable bonds is 21. The third kappa shape index (κ3) is 34.0. The number of nitrogens with two attached hydrogens (primary N) is 1. The molecule has 10 aliphatic rings. The number of carbonyl (C=O) groups excluding carboxylic acids is 8. The van der Waals surface area contributed by atoms with Gasteiger partial charge in [-0.25, -0.2) is 61.8 Å². The summed E-state index contributed by atoms with van der Waals surface area (Å²) in [6.45, 7) is 13.8. The number of ketones is 3. The molecule has 9 heterocycles. The van der Waals surface area contributed by atoms with Gasteiger partial charge in [0.25, 0.3) is 0 Å². The van der Waals surface area contributed by atoms with E-state index < -0.39 is 91.1 Å². The molecule has 58 heteroatoms. The molecule has 0 aromatic carbocycles. The van der Waals surface area contributed by atoms with Gasteiger partial charge in [0.2, 0.25) is 60.9 Å². The second-order valence-electron chi connectivity index (χ2n) is 34.5. The molecule has 9 fully saturated rings. The first-order chi connectivity index (χ1) is 67.5. The average Bonchev–Trinajstić information content (AvgIpc) is 1.15. The van der Waals surface area contributed by atoms with E-state index in [0.717, 1.165) is 68.9 Å². The van der Waals surface area contributed by atoms with Crippen LogP contribution in [0.4, 0.5) is 63.6 Å². The van der Waals surface area contributed by atoms with E-state index in [1.54, 1.807) is 38.8 Å². The Balaban J connectivity index is 0.000000229. The normalized spacial score (nSPS) is 20.2. The first-order valence-electron chi connectivity index (χ1n) is 45.5. The molecule has 47 nitrogen and oxygen atoms in total. The Kier molecular flexibility index (Phi) is 46.8. The van der Waals surface area contributed by atoms with Crippen LogP contribution in [0.15, 0.2) is 31.0 Å². The predicted molar refractivity (Wildman–Crippen MR) is 510 cm³/mol. The summed E-state index contributed by atoms with van der Waals surface area (Å²) in [5, 5.41) is 46.7. The maximum atomic E-state index is 13.5. The van der Waals surface area contributed by atoms with Crippen molar-refractivity contribution in [3.05, 3.63) is 109 Å². The van der Waals surface area contributed by atoms with Crippen molar-refractivity contribution in [1.29, 1.82) is 0 Å². The van der Waals surface area contributed by atoms with Crippen molar-refractivity contribution in [3.8, 4) is 0 Å². The van der Waals surface area contributed by atoms with E-state index in [0.29, 0.717) is 134 Å². The molecule has 0 radical (unpaired) electrons. The van der Waals surface area contributed by atoms with Crippen LogP contribution in [0.2, 0.25) is 31.6 Å². The number of halogens is 11. The van der Waals surface area contributed by atoms with Crippen LogP contribution in [-0.2, 0) is 96.9 Å². The second-order valence-corrected chi connectivity index (χ2v) is 36.5. The van der Waals surface area contributed by atoms with Gasteiger partial charge in [0.15, 0.2) is 23.1 Å². The molecule has 6 aliphatic carbocycles. The molecule has 5 aromatic rings. The fourth-order valence-electron chi connectivity index (χ4n) is 17.6. The Labute approximate surface area is 860 Å². The first kappa shape index (κ1) is 121. The molecule has 5 aromatic heterocycles. The fraction of sp³-hybridized carbons (Fsp3) is 0.674. The summed E-state index contributed by atoms with van der Waals surface area (Å²) in [7, 11) is 6.41. The molecule has 0 unspecified atom stereocenters. The standard InChI is InChI=1S/C16H21ClN4O6.C14H17ClF2N4O4.C14H16ClF2N3O.C14H17ClN4O5.C12H21NO4.C8H12O3.C4HCl2N3O2.C4H9NO2.ClH/c1-10(14(22)25-2)20(13-12(21(23)24)9-18-15(17)19-13)11-3-5-16(6-4-11)26-7-8-27-16;1-8(12(22)25-2)20(9-3-5-14(16,17)6-4-9)11-10(21(23)24)7-18-13(15)19-11;1-8-11(21)6-9-7-18-13(15)19-12(9)20(8)10-2-4-14(16,17)5-3-10;1-8(13(21)24-2)18(9-3-5-10(20)6-4-9)12-11(19(22)23)7-16-14(15)17-12;1-9(11(14)15-2)13-10-3-5-12(6-4-10)16-7-8-17-12;9-7-1-3-8(4-2-7)10-5-6-11-8;5-3-2(9(10)11)1-7-4(6)8-3;1-3(5)4(6)7-2;/h9-11H,3-8H2,1-2H3;7-9H,3-6H2,1-2H3;7-8,10H,2-6H2,1H3;7-9H,3-6H2,1-2H3;9-10,13H,3-8H2,1-2H3;1-6H2;1H;3H,5H2,1-2H3;1H/t10-;3*8-;9-;;;3-;/m11111..1./s1. The van der Waals surface area contributed by atoms with Crippen molar-refractivity contribution in [3.63, 3.8) is 0 Å².